The summed E-state index contributed by atoms with van der Waals surface area (Å²) in [6.45, 7) is 4.41. The van der Waals surface area contributed by atoms with Crippen LogP contribution < -0.4 is 0 Å². The van der Waals surface area contributed by atoms with Gasteiger partial charge in [-0.25, -0.2) is 4.57 Å². The second kappa shape index (κ2) is 57.6. The Morgan fingerprint density at radius 3 is 1.11 bits per heavy atom. The van der Waals surface area contributed by atoms with E-state index in [9.17, 15) is 28.9 Å². The lowest BCUT2D eigenvalue weighted by Crippen LogP contribution is -2.30. The third-order valence-corrected chi connectivity index (χ3v) is 13.4. The van der Waals surface area contributed by atoms with E-state index in [0.717, 1.165) is 161 Å². The molecule has 0 heterocycles. The summed E-state index contributed by atoms with van der Waals surface area (Å²) in [5.74, 6) is -1.51. The molecule has 0 aliphatic rings. The maximum absolute atomic E-state index is 12.9. The molecule has 0 aromatic heterocycles. The van der Waals surface area contributed by atoms with Gasteiger partial charge in [-0.05, 0) is 116 Å². The average Bonchev–Trinajstić information content (AvgIpc) is 3.41. The molecule has 12 heteroatoms. The third kappa shape index (κ3) is 55.2. The number of aliphatic hydroxyl groups is 1. The monoisotopic (exact) mass is 1080 g/mol. The highest BCUT2D eigenvalue weighted by atomic mass is 31.2. The van der Waals surface area contributed by atoms with Gasteiger partial charge in [0.25, 0.3) is 0 Å². The van der Waals surface area contributed by atoms with E-state index in [1.165, 1.54) is 32.1 Å². The topological polar surface area (TPSA) is 155 Å². The summed E-state index contributed by atoms with van der Waals surface area (Å²) >= 11 is 0. The lowest BCUT2D eigenvalue weighted by Gasteiger charge is -2.21. The first kappa shape index (κ1) is 72.4. The summed E-state index contributed by atoms with van der Waals surface area (Å²) in [7, 11) is -4.76. The number of ether oxygens (including phenoxy) is 3. The Balaban J connectivity index is 4.77. The lowest BCUT2D eigenvalue weighted by molar-refractivity contribution is -0.161. The Labute approximate surface area is 463 Å². The fourth-order valence-corrected chi connectivity index (χ4v) is 8.67. The van der Waals surface area contributed by atoms with Gasteiger partial charge in [0.2, 0.25) is 0 Å². The maximum Gasteiger partial charge on any atom is 0.472 e. The van der Waals surface area contributed by atoms with Crippen molar-refractivity contribution < 1.29 is 52.2 Å². The number of rotatable bonds is 55. The zero-order chi connectivity index (χ0) is 55.5. The van der Waals surface area contributed by atoms with Crippen LogP contribution in [0.5, 0.6) is 0 Å². The highest BCUT2D eigenvalue weighted by molar-refractivity contribution is 7.47. The molecule has 0 fully saturated rings. The number of phosphoric acid groups is 1. The van der Waals surface area contributed by atoms with Crippen LogP contribution in [-0.4, -0.2) is 66.5 Å². The van der Waals surface area contributed by atoms with E-state index in [1.54, 1.807) is 0 Å². The normalized spacial score (nSPS) is 14.0. The number of phosphoric ester groups is 1. The smallest absolute Gasteiger partial charge is 0.462 e. The van der Waals surface area contributed by atoms with Crippen LogP contribution in [0.15, 0.2) is 97.2 Å². The van der Waals surface area contributed by atoms with Crippen molar-refractivity contribution in [2.75, 3.05) is 26.4 Å². The van der Waals surface area contributed by atoms with E-state index in [1.807, 2.05) is 0 Å². The summed E-state index contributed by atoms with van der Waals surface area (Å²) < 4.78 is 39.6. The molecule has 3 atom stereocenters. The van der Waals surface area contributed by atoms with E-state index < -0.39 is 57.8 Å². The van der Waals surface area contributed by atoms with Gasteiger partial charge in [-0.3, -0.25) is 23.4 Å². The molecule has 0 aliphatic carbocycles. The number of hydrogen-bond acceptors (Lipinski definition) is 10. The Bertz CT molecular complexity index is 1640. The fourth-order valence-electron chi connectivity index (χ4n) is 7.89. The molecule has 11 nitrogen and oxygen atoms in total. The first-order chi connectivity index (χ1) is 37.2. The fraction of sp³-hybridized carbons (Fsp3) is 0.703. The molecule has 0 aromatic carbocycles. The Kier molecular flexibility index (Phi) is 54.8. The van der Waals surface area contributed by atoms with Crippen molar-refractivity contribution in [2.24, 2.45) is 0 Å². The van der Waals surface area contributed by atoms with Gasteiger partial charge >= 0.3 is 25.7 Å². The highest BCUT2D eigenvalue weighted by Gasteiger charge is 2.28. The second-order valence-electron chi connectivity index (χ2n) is 19.8. The number of aliphatic hydroxyl groups excluding tert-OH is 1. The van der Waals surface area contributed by atoms with Crippen LogP contribution in [0, 0.1) is 0 Å². The van der Waals surface area contributed by atoms with Crippen molar-refractivity contribution in [3.8, 4) is 0 Å². The SMILES string of the molecule is CC/C=C\C/C=C\C/C=C\CCCCCCCCCC(=O)OC(COC(=O)CCCCCCCC/C=C\C/C=C\C/C=C\CCCCC)COP(=O)(O)OCC(CO)OC(=O)CCCCCCC/C=C\C/C=C\CCC. The van der Waals surface area contributed by atoms with Crippen molar-refractivity contribution >= 4 is 25.7 Å². The van der Waals surface area contributed by atoms with Crippen molar-refractivity contribution in [1.82, 2.24) is 0 Å². The number of carbonyl (C=O) groups excluding carboxylic acids is 3. The number of carbonyl (C=O) groups is 3. The molecule has 3 unspecified atom stereocenters. The number of esters is 3. The standard InChI is InChI=1S/C64H109O11P/c1-4-7-10-13-16-19-22-25-27-29-30-32-33-36-38-41-44-47-50-53-62(66)71-57-61(75-64(68)55-52-49-46-43-40-37-34-31-28-26-23-20-17-14-11-8-5-2)59-73-76(69,70)72-58-60(56-65)74-63(67)54-51-48-45-42-39-35-24-21-18-15-12-9-6-3/h8,11-12,15-17,19-21,24-28,30,32,60-61,65H,4-7,9-10,13-14,18,22-23,29,31,33-59H2,1-3H3,(H,69,70)/b11-8-,15-12-,19-16-,20-17-,24-21-,27-25-,28-26-,32-30-. The molecule has 436 valence electrons. The molecule has 0 aromatic rings. The van der Waals surface area contributed by atoms with Gasteiger partial charge in [0, 0.05) is 19.3 Å². The van der Waals surface area contributed by atoms with Crippen LogP contribution in [0.4, 0.5) is 0 Å². The van der Waals surface area contributed by atoms with Crippen molar-refractivity contribution in [2.45, 2.75) is 264 Å². The van der Waals surface area contributed by atoms with Crippen molar-refractivity contribution in [3.05, 3.63) is 97.2 Å². The van der Waals surface area contributed by atoms with Gasteiger partial charge in [-0.2, -0.15) is 0 Å². The van der Waals surface area contributed by atoms with Gasteiger partial charge in [-0.1, -0.05) is 214 Å². The predicted octanol–water partition coefficient (Wildman–Crippen LogP) is 18.0. The van der Waals surface area contributed by atoms with Gasteiger partial charge < -0.3 is 24.2 Å². The molecule has 0 spiro atoms. The Morgan fingerprint density at radius 1 is 0.382 bits per heavy atom. The molecule has 0 bridgehead atoms. The Hall–Kier alpha value is -3.60. The molecular weight excluding hydrogens is 976 g/mol. The molecular formula is C64H109O11P. The van der Waals surface area contributed by atoms with Crippen LogP contribution in [-0.2, 0) is 42.2 Å². The average molecular weight is 1090 g/mol. The highest BCUT2D eigenvalue weighted by Crippen LogP contribution is 2.43. The Morgan fingerprint density at radius 2 is 0.711 bits per heavy atom. The summed E-state index contributed by atoms with van der Waals surface area (Å²) in [5, 5.41) is 9.82. The lowest BCUT2D eigenvalue weighted by atomic mass is 10.1. The van der Waals surface area contributed by atoms with Gasteiger partial charge in [-0.15, -0.1) is 0 Å². The first-order valence-corrected chi connectivity index (χ1v) is 31.6. The molecule has 0 saturated heterocycles. The van der Waals surface area contributed by atoms with E-state index in [4.69, 9.17) is 23.3 Å². The van der Waals surface area contributed by atoms with Gasteiger partial charge in [0.05, 0.1) is 19.8 Å². The first-order valence-electron chi connectivity index (χ1n) is 30.1. The number of unbranched alkanes of at least 4 members (excludes halogenated alkanes) is 22. The van der Waals surface area contributed by atoms with Crippen molar-refractivity contribution in [3.63, 3.8) is 0 Å². The predicted molar refractivity (Wildman–Crippen MR) is 316 cm³/mol. The summed E-state index contributed by atoms with van der Waals surface area (Å²) in [6.07, 6.45) is 67.8. The van der Waals surface area contributed by atoms with E-state index >= 15 is 0 Å². The summed E-state index contributed by atoms with van der Waals surface area (Å²) in [5.41, 5.74) is 0. The van der Waals surface area contributed by atoms with Crippen LogP contribution in [0.3, 0.4) is 0 Å². The molecule has 76 heavy (non-hydrogen) atoms. The van der Waals surface area contributed by atoms with Crippen LogP contribution in [0.25, 0.3) is 0 Å². The minimum absolute atomic E-state index is 0.148. The van der Waals surface area contributed by atoms with Gasteiger partial charge in [0.1, 0.15) is 12.7 Å². The molecule has 0 amide bonds. The van der Waals surface area contributed by atoms with Crippen LogP contribution >= 0.6 is 7.82 Å². The summed E-state index contributed by atoms with van der Waals surface area (Å²) in [4.78, 5) is 48.6. The maximum atomic E-state index is 12.9. The van der Waals surface area contributed by atoms with Crippen LogP contribution in [0.1, 0.15) is 252 Å². The number of hydrogen-bond donors (Lipinski definition) is 2. The molecule has 0 saturated carbocycles. The second-order valence-corrected chi connectivity index (χ2v) is 21.2. The summed E-state index contributed by atoms with van der Waals surface area (Å²) in [6, 6.07) is 0. The largest absolute Gasteiger partial charge is 0.472 e. The van der Waals surface area contributed by atoms with Crippen LogP contribution in [0.2, 0.25) is 0 Å². The molecule has 0 radical (unpaired) electrons. The zero-order valence-electron chi connectivity index (χ0n) is 48.2. The number of allylic oxidation sites excluding steroid dienone is 16. The third-order valence-electron chi connectivity index (χ3n) is 12.4. The minimum atomic E-state index is -4.76. The molecule has 0 rings (SSSR count). The van der Waals surface area contributed by atoms with Gasteiger partial charge in [0.15, 0.2) is 6.10 Å². The quantitative estimate of drug-likeness (QED) is 0.0197. The van der Waals surface area contributed by atoms with E-state index in [-0.39, 0.29) is 25.9 Å². The zero-order valence-corrected chi connectivity index (χ0v) is 49.1. The van der Waals surface area contributed by atoms with E-state index in [2.05, 4.69) is 118 Å². The van der Waals surface area contributed by atoms with Crippen molar-refractivity contribution in [1.29, 1.82) is 0 Å². The van der Waals surface area contributed by atoms with E-state index in [0.29, 0.717) is 19.3 Å². The molecule has 0 aliphatic heterocycles. The molecule has 2 N–H and O–H groups in total. The minimum Gasteiger partial charge on any atom is -0.462 e.